The summed E-state index contributed by atoms with van der Waals surface area (Å²) < 4.78 is 0. The molecule has 0 spiro atoms. The Morgan fingerprint density at radius 3 is 3.07 bits per heavy atom. The summed E-state index contributed by atoms with van der Waals surface area (Å²) in [7, 11) is 0. The lowest BCUT2D eigenvalue weighted by atomic mass is 10.2. The summed E-state index contributed by atoms with van der Waals surface area (Å²) in [5, 5.41) is 15.8. The summed E-state index contributed by atoms with van der Waals surface area (Å²) in [6.07, 6.45) is 4.98. The van der Waals surface area contributed by atoms with Crippen LogP contribution in [-0.2, 0) is 17.6 Å². The van der Waals surface area contributed by atoms with Crippen molar-refractivity contribution in [3.63, 3.8) is 0 Å². The van der Waals surface area contributed by atoms with Crippen LogP contribution in [0.1, 0.15) is 22.4 Å². The molecule has 0 saturated carbocycles. The molecular weight excluding hydrogens is 396 g/mol. The number of anilines is 1. The molecule has 0 atom stereocenters. The van der Waals surface area contributed by atoms with E-state index in [9.17, 15) is 4.79 Å². The third-order valence-corrected chi connectivity index (χ3v) is 7.21. The van der Waals surface area contributed by atoms with Crippen LogP contribution in [-0.4, -0.2) is 21.6 Å². The highest BCUT2D eigenvalue weighted by Crippen LogP contribution is 2.40. The molecule has 0 radical (unpaired) electrons. The molecule has 2 aromatic heterocycles. The van der Waals surface area contributed by atoms with Crippen molar-refractivity contribution in [3.8, 4) is 5.40 Å². The van der Waals surface area contributed by atoms with E-state index in [1.54, 1.807) is 17.7 Å². The Balaban J connectivity index is 1.46. The first kappa shape index (κ1) is 18.3. The SMILES string of the molecule is Cc1cc(SC#N)ccc1NC(=O)CSc1ncnc2sc3c(c12)CCC3. The van der Waals surface area contributed by atoms with E-state index in [4.69, 9.17) is 5.26 Å². The number of thioether (sulfide) groups is 2. The van der Waals surface area contributed by atoms with E-state index in [1.165, 1.54) is 28.6 Å². The van der Waals surface area contributed by atoms with Crippen molar-refractivity contribution >= 4 is 56.7 Å². The number of nitriles is 1. The Kier molecular flexibility index (Phi) is 5.34. The van der Waals surface area contributed by atoms with Gasteiger partial charge in [-0.1, -0.05) is 11.8 Å². The third-order valence-electron chi connectivity index (χ3n) is 4.44. The minimum absolute atomic E-state index is 0.0672. The number of thiocyanates is 1. The molecule has 136 valence electrons. The van der Waals surface area contributed by atoms with Gasteiger partial charge < -0.3 is 5.32 Å². The molecule has 0 fully saturated rings. The molecule has 1 aromatic carbocycles. The summed E-state index contributed by atoms with van der Waals surface area (Å²) in [5.41, 5.74) is 3.08. The molecule has 1 amide bonds. The van der Waals surface area contributed by atoms with E-state index in [-0.39, 0.29) is 5.91 Å². The molecule has 0 saturated heterocycles. The number of hydrogen-bond acceptors (Lipinski definition) is 7. The molecule has 2 heterocycles. The van der Waals surface area contributed by atoms with Gasteiger partial charge in [0.1, 0.15) is 21.6 Å². The van der Waals surface area contributed by atoms with Crippen molar-refractivity contribution in [2.24, 2.45) is 0 Å². The number of carbonyl (C=O) groups excluding carboxylic acids is 1. The summed E-state index contributed by atoms with van der Waals surface area (Å²) in [5.74, 6) is 0.229. The van der Waals surface area contributed by atoms with Gasteiger partial charge in [0, 0.05) is 20.8 Å². The predicted molar refractivity (Wildman–Crippen MR) is 111 cm³/mol. The molecule has 4 rings (SSSR count). The number of carbonyl (C=O) groups is 1. The van der Waals surface area contributed by atoms with Crippen LogP contribution in [0.2, 0.25) is 0 Å². The fraction of sp³-hybridized carbons (Fsp3) is 0.263. The van der Waals surface area contributed by atoms with Crippen molar-refractivity contribution in [2.75, 3.05) is 11.1 Å². The van der Waals surface area contributed by atoms with Gasteiger partial charge in [0.05, 0.1) is 5.75 Å². The van der Waals surface area contributed by atoms with E-state index in [0.717, 1.165) is 56.0 Å². The second-order valence-electron chi connectivity index (χ2n) is 6.22. The lowest BCUT2D eigenvalue weighted by molar-refractivity contribution is -0.113. The first-order valence-electron chi connectivity index (χ1n) is 8.50. The quantitative estimate of drug-likeness (QED) is 0.369. The topological polar surface area (TPSA) is 78.7 Å². The van der Waals surface area contributed by atoms with E-state index < -0.39 is 0 Å². The molecule has 5 nitrogen and oxygen atoms in total. The lowest BCUT2D eigenvalue weighted by Gasteiger charge is -2.09. The number of aromatic nitrogens is 2. The van der Waals surface area contributed by atoms with Crippen molar-refractivity contribution in [2.45, 2.75) is 36.1 Å². The summed E-state index contributed by atoms with van der Waals surface area (Å²) in [6.45, 7) is 1.92. The summed E-state index contributed by atoms with van der Waals surface area (Å²) in [4.78, 5) is 24.6. The maximum Gasteiger partial charge on any atom is 0.234 e. The maximum atomic E-state index is 12.4. The lowest BCUT2D eigenvalue weighted by Crippen LogP contribution is -2.15. The monoisotopic (exact) mass is 412 g/mol. The number of nitrogens with zero attached hydrogens (tertiary/aromatic N) is 3. The number of nitrogens with one attached hydrogen (secondary N) is 1. The Hall–Kier alpha value is -2.08. The first-order chi connectivity index (χ1) is 13.2. The normalized spacial score (nSPS) is 12.7. The molecule has 0 aliphatic heterocycles. The number of rotatable bonds is 5. The number of thiophene rings is 1. The Morgan fingerprint density at radius 2 is 2.26 bits per heavy atom. The number of amides is 1. The minimum Gasteiger partial charge on any atom is -0.325 e. The summed E-state index contributed by atoms with van der Waals surface area (Å²) >= 11 is 4.33. The zero-order valence-corrected chi connectivity index (χ0v) is 17.1. The highest BCUT2D eigenvalue weighted by molar-refractivity contribution is 8.03. The van der Waals surface area contributed by atoms with Gasteiger partial charge in [0.15, 0.2) is 0 Å². The Labute approximate surface area is 169 Å². The van der Waals surface area contributed by atoms with Gasteiger partial charge in [-0.25, -0.2) is 9.97 Å². The van der Waals surface area contributed by atoms with Crippen molar-refractivity contribution < 1.29 is 4.79 Å². The Bertz CT molecular complexity index is 1070. The largest absolute Gasteiger partial charge is 0.325 e. The highest BCUT2D eigenvalue weighted by atomic mass is 32.2. The van der Waals surface area contributed by atoms with Gasteiger partial charge in [0.25, 0.3) is 0 Å². The van der Waals surface area contributed by atoms with Gasteiger partial charge in [-0.2, -0.15) is 5.26 Å². The van der Waals surface area contributed by atoms with Crippen LogP contribution in [0.4, 0.5) is 5.69 Å². The van der Waals surface area contributed by atoms with Crippen molar-refractivity contribution in [1.29, 1.82) is 5.26 Å². The van der Waals surface area contributed by atoms with Gasteiger partial charge in [0.2, 0.25) is 5.91 Å². The smallest absolute Gasteiger partial charge is 0.234 e. The van der Waals surface area contributed by atoms with Crippen LogP contribution in [0.15, 0.2) is 34.4 Å². The standard InChI is InChI=1S/C19H16N4OS3/c1-11-7-12(26-9-20)5-6-14(11)23-16(24)8-25-18-17-13-3-2-4-15(13)27-19(17)22-10-21-18/h5-7,10H,2-4,8H2,1H3,(H,23,24). The number of hydrogen-bond donors (Lipinski definition) is 1. The minimum atomic E-state index is -0.0672. The molecule has 1 N–H and O–H groups in total. The molecule has 0 unspecified atom stereocenters. The fourth-order valence-electron chi connectivity index (χ4n) is 3.22. The molecule has 0 bridgehead atoms. The first-order valence-corrected chi connectivity index (χ1v) is 11.1. The van der Waals surface area contributed by atoms with E-state index in [0.29, 0.717) is 5.75 Å². The van der Waals surface area contributed by atoms with Crippen LogP contribution in [0, 0.1) is 17.6 Å². The van der Waals surface area contributed by atoms with Crippen LogP contribution in [0.25, 0.3) is 10.2 Å². The zero-order valence-electron chi connectivity index (χ0n) is 14.6. The fourth-order valence-corrected chi connectivity index (χ4v) is 5.82. The van der Waals surface area contributed by atoms with Crippen LogP contribution < -0.4 is 5.32 Å². The van der Waals surface area contributed by atoms with E-state index in [2.05, 4.69) is 20.7 Å². The van der Waals surface area contributed by atoms with Crippen LogP contribution in [0.3, 0.4) is 0 Å². The van der Waals surface area contributed by atoms with Gasteiger partial charge in [-0.3, -0.25) is 4.79 Å². The number of fused-ring (bicyclic) bond motifs is 3. The molecular formula is C19H16N4OS3. The predicted octanol–water partition coefficient (Wildman–Crippen LogP) is 4.79. The average Bonchev–Trinajstić information content (AvgIpc) is 3.23. The van der Waals surface area contributed by atoms with Crippen LogP contribution in [0.5, 0.6) is 0 Å². The van der Waals surface area contributed by atoms with Gasteiger partial charge >= 0.3 is 0 Å². The number of benzene rings is 1. The molecule has 1 aliphatic carbocycles. The van der Waals surface area contributed by atoms with E-state index in [1.807, 2.05) is 25.1 Å². The van der Waals surface area contributed by atoms with Crippen molar-refractivity contribution in [1.82, 2.24) is 9.97 Å². The molecule has 27 heavy (non-hydrogen) atoms. The number of aryl methyl sites for hydroxylation is 3. The van der Waals surface area contributed by atoms with Crippen LogP contribution >= 0.6 is 34.9 Å². The van der Waals surface area contributed by atoms with Gasteiger partial charge in [-0.05, 0) is 67.3 Å². The molecule has 1 aliphatic rings. The van der Waals surface area contributed by atoms with E-state index >= 15 is 0 Å². The van der Waals surface area contributed by atoms with Gasteiger partial charge in [-0.15, -0.1) is 11.3 Å². The highest BCUT2D eigenvalue weighted by Gasteiger charge is 2.21. The molecule has 8 heteroatoms. The second kappa shape index (κ2) is 7.89. The maximum absolute atomic E-state index is 12.4. The third kappa shape index (κ3) is 3.81. The molecule has 3 aromatic rings. The Morgan fingerprint density at radius 1 is 1.37 bits per heavy atom. The second-order valence-corrected chi connectivity index (χ2v) is 9.13. The zero-order chi connectivity index (χ0) is 18.8. The average molecular weight is 413 g/mol. The van der Waals surface area contributed by atoms with Crippen molar-refractivity contribution in [3.05, 3.63) is 40.5 Å². The summed E-state index contributed by atoms with van der Waals surface area (Å²) in [6, 6.07) is 5.58.